The molecule has 0 bridgehead atoms. The van der Waals surface area contributed by atoms with Crippen molar-refractivity contribution in [3.63, 3.8) is 0 Å². The number of nitrogens with one attached hydrogen (secondary N) is 1. The van der Waals surface area contributed by atoms with Gasteiger partial charge in [-0.15, -0.1) is 0 Å². The molecular weight excluding hydrogens is 366 g/mol. The fourth-order valence-electron chi connectivity index (χ4n) is 6.11. The number of anilines is 2. The largest absolute Gasteiger partial charge is 0.324 e. The lowest BCUT2D eigenvalue weighted by molar-refractivity contribution is -0.135. The van der Waals surface area contributed by atoms with Gasteiger partial charge in [0.25, 0.3) is 0 Å². The Kier molecular flexibility index (Phi) is 3.23. The fourth-order valence-corrected chi connectivity index (χ4v) is 6.11. The quantitative estimate of drug-likeness (QED) is 0.763. The van der Waals surface area contributed by atoms with Gasteiger partial charge in [-0.1, -0.05) is 35.9 Å². The van der Waals surface area contributed by atoms with Gasteiger partial charge in [0.2, 0.25) is 17.7 Å². The molecule has 0 radical (unpaired) electrons. The molecule has 0 aromatic heterocycles. The highest BCUT2D eigenvalue weighted by Gasteiger charge is 2.74. The average molecular weight is 387 g/mol. The van der Waals surface area contributed by atoms with E-state index >= 15 is 0 Å². The SMILES string of the molecule is Cc1ccc(N2C(=O)[C@H]3[C@@H]4CCCN4C4(C(=O)Nc5ccccc54)[C@H]3C2=O)cc1. The number of amides is 3. The minimum atomic E-state index is -1.09. The van der Waals surface area contributed by atoms with Crippen LogP contribution in [0.4, 0.5) is 11.4 Å². The van der Waals surface area contributed by atoms with Crippen molar-refractivity contribution in [1.29, 1.82) is 0 Å². The molecule has 2 aromatic carbocycles. The zero-order chi connectivity index (χ0) is 19.9. The molecule has 6 rings (SSSR count). The summed E-state index contributed by atoms with van der Waals surface area (Å²) in [6.45, 7) is 2.70. The van der Waals surface area contributed by atoms with E-state index in [0.29, 0.717) is 5.69 Å². The summed E-state index contributed by atoms with van der Waals surface area (Å²) in [5, 5.41) is 2.99. The van der Waals surface area contributed by atoms with E-state index in [9.17, 15) is 14.4 Å². The predicted octanol–water partition coefficient (Wildman–Crippen LogP) is 2.43. The number of carbonyl (C=O) groups excluding carboxylic acids is 3. The van der Waals surface area contributed by atoms with Crippen LogP contribution in [0.15, 0.2) is 48.5 Å². The highest BCUT2D eigenvalue weighted by atomic mass is 16.2. The number of carbonyl (C=O) groups is 3. The molecular formula is C23H21N3O3. The zero-order valence-corrected chi connectivity index (χ0v) is 16.1. The molecule has 146 valence electrons. The van der Waals surface area contributed by atoms with Crippen molar-refractivity contribution in [1.82, 2.24) is 4.90 Å². The molecule has 1 N–H and O–H groups in total. The topological polar surface area (TPSA) is 69.7 Å². The van der Waals surface area contributed by atoms with Gasteiger partial charge in [0, 0.05) is 17.3 Å². The number of fused-ring (bicyclic) bond motifs is 7. The first-order chi connectivity index (χ1) is 14.0. The number of hydrogen-bond donors (Lipinski definition) is 1. The van der Waals surface area contributed by atoms with Crippen LogP contribution in [-0.2, 0) is 19.9 Å². The third-order valence-corrected chi connectivity index (χ3v) is 7.19. The Morgan fingerprint density at radius 3 is 2.55 bits per heavy atom. The molecule has 4 heterocycles. The van der Waals surface area contributed by atoms with E-state index in [1.807, 2.05) is 55.5 Å². The summed E-state index contributed by atoms with van der Waals surface area (Å²) in [6, 6.07) is 14.9. The summed E-state index contributed by atoms with van der Waals surface area (Å²) >= 11 is 0. The third-order valence-electron chi connectivity index (χ3n) is 7.19. The lowest BCUT2D eigenvalue weighted by Crippen LogP contribution is -2.54. The van der Waals surface area contributed by atoms with Gasteiger partial charge in [-0.05, 0) is 44.5 Å². The molecule has 3 saturated heterocycles. The van der Waals surface area contributed by atoms with Crippen molar-refractivity contribution in [2.75, 3.05) is 16.8 Å². The van der Waals surface area contributed by atoms with E-state index < -0.39 is 17.4 Å². The standard InChI is InChI=1S/C23H21N3O3/c1-13-8-10-14(11-9-13)26-20(27)18-17-7-4-12-25(17)23(19(18)21(26)28)15-5-2-3-6-16(15)24-22(23)29/h2-3,5-6,8-11,17-19H,4,7,12H2,1H3,(H,24,29)/t17-,18-,19+,23?/m0/s1. The molecule has 3 fully saturated rings. The monoisotopic (exact) mass is 387 g/mol. The van der Waals surface area contributed by atoms with Crippen LogP contribution in [0, 0.1) is 18.8 Å². The number of nitrogens with zero attached hydrogens (tertiary/aromatic N) is 2. The van der Waals surface area contributed by atoms with Gasteiger partial charge in [-0.25, -0.2) is 4.90 Å². The molecule has 4 atom stereocenters. The molecule has 1 unspecified atom stereocenters. The van der Waals surface area contributed by atoms with Crippen LogP contribution >= 0.6 is 0 Å². The fraction of sp³-hybridized carbons (Fsp3) is 0.348. The number of rotatable bonds is 1. The van der Waals surface area contributed by atoms with Gasteiger partial charge in [0.05, 0.1) is 17.5 Å². The van der Waals surface area contributed by atoms with Crippen molar-refractivity contribution >= 4 is 29.1 Å². The number of imide groups is 1. The van der Waals surface area contributed by atoms with Crippen LogP contribution in [-0.4, -0.2) is 35.2 Å². The summed E-state index contributed by atoms with van der Waals surface area (Å²) in [5.74, 6) is -1.78. The summed E-state index contributed by atoms with van der Waals surface area (Å²) in [6.07, 6.45) is 1.76. The van der Waals surface area contributed by atoms with Crippen molar-refractivity contribution in [2.24, 2.45) is 11.8 Å². The van der Waals surface area contributed by atoms with Crippen molar-refractivity contribution in [3.8, 4) is 0 Å². The first-order valence-electron chi connectivity index (χ1n) is 10.2. The summed E-state index contributed by atoms with van der Waals surface area (Å²) < 4.78 is 0. The molecule has 29 heavy (non-hydrogen) atoms. The van der Waals surface area contributed by atoms with Gasteiger partial charge in [-0.2, -0.15) is 0 Å². The molecule has 6 heteroatoms. The molecule has 0 aliphatic carbocycles. The second-order valence-electron chi connectivity index (χ2n) is 8.52. The molecule has 4 aliphatic rings. The Morgan fingerprint density at radius 1 is 1.00 bits per heavy atom. The van der Waals surface area contributed by atoms with E-state index in [4.69, 9.17) is 0 Å². The molecule has 4 aliphatic heterocycles. The van der Waals surface area contributed by atoms with Crippen LogP contribution in [0.3, 0.4) is 0 Å². The summed E-state index contributed by atoms with van der Waals surface area (Å²) in [4.78, 5) is 44.2. The third kappa shape index (κ3) is 1.88. The van der Waals surface area contributed by atoms with Crippen LogP contribution in [0.2, 0.25) is 0 Å². The Hall–Kier alpha value is -2.99. The van der Waals surface area contributed by atoms with Gasteiger partial charge < -0.3 is 5.32 Å². The Bertz CT molecular complexity index is 1080. The maximum absolute atomic E-state index is 13.7. The summed E-state index contributed by atoms with van der Waals surface area (Å²) in [5.41, 5.74) is 2.14. The van der Waals surface area contributed by atoms with E-state index in [-0.39, 0.29) is 23.8 Å². The van der Waals surface area contributed by atoms with Gasteiger partial charge in [0.1, 0.15) is 5.54 Å². The molecule has 1 spiro atoms. The first kappa shape index (κ1) is 16.9. The number of benzene rings is 2. The van der Waals surface area contributed by atoms with E-state index in [1.165, 1.54) is 4.90 Å². The lowest BCUT2D eigenvalue weighted by atomic mass is 9.75. The zero-order valence-electron chi connectivity index (χ0n) is 16.1. The Morgan fingerprint density at radius 2 is 1.76 bits per heavy atom. The first-order valence-corrected chi connectivity index (χ1v) is 10.2. The van der Waals surface area contributed by atoms with E-state index in [2.05, 4.69) is 10.2 Å². The predicted molar refractivity (Wildman–Crippen MR) is 107 cm³/mol. The second-order valence-corrected chi connectivity index (χ2v) is 8.52. The highest BCUT2D eigenvalue weighted by molar-refractivity contribution is 6.25. The molecule has 0 saturated carbocycles. The molecule has 6 nitrogen and oxygen atoms in total. The molecule has 3 amide bonds. The van der Waals surface area contributed by atoms with Crippen LogP contribution in [0.5, 0.6) is 0 Å². The van der Waals surface area contributed by atoms with E-state index in [1.54, 1.807) is 0 Å². The van der Waals surface area contributed by atoms with Crippen LogP contribution in [0.1, 0.15) is 24.0 Å². The highest BCUT2D eigenvalue weighted by Crippen LogP contribution is 2.60. The van der Waals surface area contributed by atoms with E-state index in [0.717, 1.165) is 36.2 Å². The lowest BCUT2D eigenvalue weighted by Gasteiger charge is -2.36. The van der Waals surface area contributed by atoms with Crippen LogP contribution in [0.25, 0.3) is 0 Å². The normalized spacial score (nSPS) is 32.7. The Labute approximate surface area is 168 Å². The maximum Gasteiger partial charge on any atom is 0.250 e. The van der Waals surface area contributed by atoms with Crippen molar-refractivity contribution in [3.05, 3.63) is 59.7 Å². The second kappa shape index (κ2) is 5.54. The maximum atomic E-state index is 13.7. The smallest absolute Gasteiger partial charge is 0.250 e. The van der Waals surface area contributed by atoms with Gasteiger partial charge in [0.15, 0.2) is 0 Å². The number of aryl methyl sites for hydroxylation is 1. The van der Waals surface area contributed by atoms with Crippen LogP contribution < -0.4 is 10.2 Å². The average Bonchev–Trinajstić information content (AvgIpc) is 3.41. The summed E-state index contributed by atoms with van der Waals surface area (Å²) in [7, 11) is 0. The molecule has 2 aromatic rings. The van der Waals surface area contributed by atoms with Crippen molar-refractivity contribution < 1.29 is 14.4 Å². The minimum Gasteiger partial charge on any atom is -0.324 e. The van der Waals surface area contributed by atoms with Gasteiger partial charge in [-0.3, -0.25) is 19.3 Å². The number of para-hydroxylation sites is 1. The number of hydrogen-bond acceptors (Lipinski definition) is 4. The van der Waals surface area contributed by atoms with Gasteiger partial charge >= 0.3 is 0 Å². The Balaban J connectivity index is 1.55. The van der Waals surface area contributed by atoms with Crippen molar-refractivity contribution in [2.45, 2.75) is 31.3 Å². The minimum absolute atomic E-state index is 0.0798.